The van der Waals surface area contributed by atoms with Crippen LogP contribution in [-0.4, -0.2) is 5.17 Å². The van der Waals surface area contributed by atoms with E-state index in [-0.39, 0.29) is 11.0 Å². The first-order chi connectivity index (χ1) is 7.70. The molecule has 0 amide bonds. The van der Waals surface area contributed by atoms with E-state index in [9.17, 15) is 4.39 Å². The largest absolute Gasteiger partial charge is 0.289 e. The highest BCUT2D eigenvalue weighted by molar-refractivity contribution is 6.69. The summed E-state index contributed by atoms with van der Waals surface area (Å²) >= 11 is 5.67. The van der Waals surface area contributed by atoms with Crippen LogP contribution in [0.15, 0.2) is 48.5 Å². The van der Waals surface area contributed by atoms with Crippen LogP contribution in [0.5, 0.6) is 0 Å². The Kier molecular flexibility index (Phi) is 3.02. The fraction of sp³-hybridized carbons (Fsp3) is 0. The lowest BCUT2D eigenvalue weighted by Crippen LogP contribution is -1.94. The minimum absolute atomic E-state index is 0.0844. The summed E-state index contributed by atoms with van der Waals surface area (Å²) in [5.74, 6) is -0.312. The van der Waals surface area contributed by atoms with Crippen molar-refractivity contribution in [2.24, 2.45) is 0 Å². The molecule has 0 atom stereocenters. The van der Waals surface area contributed by atoms with Crippen molar-refractivity contribution in [3.05, 3.63) is 59.9 Å². The lowest BCUT2D eigenvalue weighted by atomic mass is 10.00. The van der Waals surface area contributed by atoms with Gasteiger partial charge in [-0.1, -0.05) is 54.1 Å². The minimum Gasteiger partial charge on any atom is -0.289 e. The summed E-state index contributed by atoms with van der Waals surface area (Å²) in [7, 11) is 0. The van der Waals surface area contributed by atoms with Crippen LogP contribution in [0.2, 0.25) is 0 Å². The van der Waals surface area contributed by atoms with Crippen molar-refractivity contribution in [1.82, 2.24) is 0 Å². The molecule has 16 heavy (non-hydrogen) atoms. The lowest BCUT2D eigenvalue weighted by Gasteiger charge is -2.07. The molecule has 0 bridgehead atoms. The predicted octanol–water partition coefficient (Wildman–Crippen LogP) is 4.06. The van der Waals surface area contributed by atoms with Gasteiger partial charge in [0, 0.05) is 11.1 Å². The van der Waals surface area contributed by atoms with Gasteiger partial charge < -0.3 is 0 Å². The maximum absolute atomic E-state index is 13.6. The van der Waals surface area contributed by atoms with Crippen LogP contribution >= 0.6 is 11.6 Å². The summed E-state index contributed by atoms with van der Waals surface area (Å²) in [6, 6.07) is 13.5. The number of nitrogens with one attached hydrogen (secondary N) is 1. The highest BCUT2D eigenvalue weighted by Gasteiger charge is 2.10. The molecule has 0 aliphatic carbocycles. The van der Waals surface area contributed by atoms with Crippen molar-refractivity contribution >= 4 is 16.8 Å². The van der Waals surface area contributed by atoms with Crippen LogP contribution in [-0.2, 0) is 0 Å². The SMILES string of the molecule is N=C(Cl)c1ccccc1-c1ccccc1F. The summed E-state index contributed by atoms with van der Waals surface area (Å²) in [6.45, 7) is 0. The van der Waals surface area contributed by atoms with E-state index in [1.54, 1.807) is 42.5 Å². The second kappa shape index (κ2) is 4.45. The van der Waals surface area contributed by atoms with Gasteiger partial charge in [-0.25, -0.2) is 4.39 Å². The topological polar surface area (TPSA) is 23.9 Å². The van der Waals surface area contributed by atoms with Gasteiger partial charge in [0.2, 0.25) is 0 Å². The molecule has 0 aliphatic rings. The molecular weight excluding hydrogens is 225 g/mol. The first-order valence-electron chi connectivity index (χ1n) is 4.78. The Morgan fingerprint density at radius 1 is 0.938 bits per heavy atom. The van der Waals surface area contributed by atoms with Gasteiger partial charge in [0.05, 0.1) is 0 Å². The number of hydrogen-bond acceptors (Lipinski definition) is 1. The number of rotatable bonds is 2. The van der Waals surface area contributed by atoms with E-state index in [1.165, 1.54) is 6.07 Å². The molecular formula is C13H9ClFN. The third kappa shape index (κ3) is 1.97. The van der Waals surface area contributed by atoms with Crippen molar-refractivity contribution in [2.45, 2.75) is 0 Å². The zero-order chi connectivity index (χ0) is 11.5. The van der Waals surface area contributed by atoms with Gasteiger partial charge in [-0.3, -0.25) is 5.41 Å². The molecule has 2 aromatic carbocycles. The van der Waals surface area contributed by atoms with Gasteiger partial charge in [0.1, 0.15) is 11.0 Å². The fourth-order valence-corrected chi connectivity index (χ4v) is 1.75. The van der Waals surface area contributed by atoms with Crippen molar-refractivity contribution in [3.63, 3.8) is 0 Å². The van der Waals surface area contributed by atoms with Gasteiger partial charge in [0.25, 0.3) is 0 Å². The Bertz CT molecular complexity index is 537. The highest BCUT2D eigenvalue weighted by atomic mass is 35.5. The number of benzene rings is 2. The molecule has 0 spiro atoms. The molecule has 1 N–H and O–H groups in total. The molecule has 0 aliphatic heterocycles. The summed E-state index contributed by atoms with van der Waals surface area (Å²) < 4.78 is 13.6. The van der Waals surface area contributed by atoms with E-state index in [0.29, 0.717) is 16.7 Å². The van der Waals surface area contributed by atoms with Crippen LogP contribution in [0.4, 0.5) is 4.39 Å². The van der Waals surface area contributed by atoms with Crippen LogP contribution in [0.25, 0.3) is 11.1 Å². The van der Waals surface area contributed by atoms with E-state index in [4.69, 9.17) is 17.0 Å². The van der Waals surface area contributed by atoms with Crippen molar-refractivity contribution in [1.29, 1.82) is 5.41 Å². The zero-order valence-electron chi connectivity index (χ0n) is 8.37. The molecule has 0 fully saturated rings. The average Bonchev–Trinajstić information content (AvgIpc) is 2.29. The first-order valence-corrected chi connectivity index (χ1v) is 5.16. The Balaban J connectivity index is 2.65. The molecule has 0 saturated heterocycles. The summed E-state index contributed by atoms with van der Waals surface area (Å²) in [6.07, 6.45) is 0. The molecule has 0 unspecified atom stereocenters. The molecule has 0 aromatic heterocycles. The van der Waals surface area contributed by atoms with Crippen LogP contribution < -0.4 is 0 Å². The van der Waals surface area contributed by atoms with Gasteiger partial charge in [0.15, 0.2) is 0 Å². The van der Waals surface area contributed by atoms with Gasteiger partial charge in [-0.15, -0.1) is 0 Å². The molecule has 3 heteroatoms. The molecule has 2 aromatic rings. The Labute approximate surface area is 98.0 Å². The molecule has 2 rings (SSSR count). The maximum Gasteiger partial charge on any atom is 0.131 e. The average molecular weight is 234 g/mol. The number of halogens is 2. The fourth-order valence-electron chi connectivity index (χ4n) is 1.59. The Morgan fingerprint density at radius 2 is 1.50 bits per heavy atom. The monoisotopic (exact) mass is 233 g/mol. The Hall–Kier alpha value is -1.67. The van der Waals surface area contributed by atoms with E-state index in [1.807, 2.05) is 0 Å². The lowest BCUT2D eigenvalue weighted by molar-refractivity contribution is 0.631. The summed E-state index contributed by atoms with van der Waals surface area (Å²) in [5, 5.41) is 7.35. The Morgan fingerprint density at radius 3 is 2.12 bits per heavy atom. The van der Waals surface area contributed by atoms with Crippen LogP contribution in [0, 0.1) is 11.2 Å². The second-order valence-electron chi connectivity index (χ2n) is 3.34. The zero-order valence-corrected chi connectivity index (χ0v) is 9.13. The van der Waals surface area contributed by atoms with Gasteiger partial charge >= 0.3 is 0 Å². The third-order valence-corrected chi connectivity index (χ3v) is 2.53. The predicted molar refractivity (Wildman–Crippen MR) is 64.5 cm³/mol. The highest BCUT2D eigenvalue weighted by Crippen LogP contribution is 2.26. The van der Waals surface area contributed by atoms with Crippen molar-refractivity contribution < 1.29 is 4.39 Å². The molecule has 1 nitrogen and oxygen atoms in total. The van der Waals surface area contributed by atoms with Crippen molar-refractivity contribution in [2.75, 3.05) is 0 Å². The maximum atomic E-state index is 13.6. The van der Waals surface area contributed by atoms with E-state index < -0.39 is 0 Å². The molecule has 0 heterocycles. The van der Waals surface area contributed by atoms with E-state index in [2.05, 4.69) is 0 Å². The quantitative estimate of drug-likeness (QED) is 0.757. The third-order valence-electron chi connectivity index (χ3n) is 2.33. The normalized spacial score (nSPS) is 10.1. The van der Waals surface area contributed by atoms with Gasteiger partial charge in [-0.05, 0) is 11.6 Å². The van der Waals surface area contributed by atoms with Crippen LogP contribution in [0.3, 0.4) is 0 Å². The molecule has 80 valence electrons. The molecule has 0 saturated carbocycles. The first kappa shape index (κ1) is 10.8. The van der Waals surface area contributed by atoms with E-state index >= 15 is 0 Å². The smallest absolute Gasteiger partial charge is 0.131 e. The standard InChI is InChI=1S/C13H9ClFN/c14-13(16)11-7-2-1-5-9(11)10-6-3-4-8-12(10)15/h1-8,16H. The minimum atomic E-state index is -0.312. The summed E-state index contributed by atoms with van der Waals surface area (Å²) in [5.41, 5.74) is 1.64. The van der Waals surface area contributed by atoms with Crippen LogP contribution in [0.1, 0.15) is 5.56 Å². The van der Waals surface area contributed by atoms with Gasteiger partial charge in [-0.2, -0.15) is 0 Å². The van der Waals surface area contributed by atoms with Crippen molar-refractivity contribution in [3.8, 4) is 11.1 Å². The number of hydrogen-bond donors (Lipinski definition) is 1. The van der Waals surface area contributed by atoms with E-state index in [0.717, 1.165) is 0 Å². The molecule has 0 radical (unpaired) electrons. The summed E-state index contributed by atoms with van der Waals surface area (Å²) in [4.78, 5) is 0. The second-order valence-corrected chi connectivity index (χ2v) is 3.72.